The van der Waals surface area contributed by atoms with E-state index in [1.54, 1.807) is 0 Å². The van der Waals surface area contributed by atoms with E-state index in [0.717, 1.165) is 19.2 Å². The maximum atomic E-state index is 12.7. The summed E-state index contributed by atoms with van der Waals surface area (Å²) in [5.41, 5.74) is -2.15. The molecule has 0 aliphatic rings. The molecule has 0 heterocycles. The van der Waals surface area contributed by atoms with Gasteiger partial charge in [-0.15, -0.1) is 12.6 Å². The summed E-state index contributed by atoms with van der Waals surface area (Å²) < 4.78 is 42.4. The molecule has 0 bridgehead atoms. The van der Waals surface area contributed by atoms with Crippen LogP contribution in [0.3, 0.4) is 0 Å². The second kappa shape index (κ2) is 4.67. The SMILES string of the molecule is COC(=O)c1ccc(C#N)c(C(F)(F)F)c1S. The highest BCUT2D eigenvalue weighted by Crippen LogP contribution is 2.37. The molecule has 90 valence electrons. The Morgan fingerprint density at radius 1 is 1.47 bits per heavy atom. The van der Waals surface area contributed by atoms with Crippen LogP contribution < -0.4 is 0 Å². The molecule has 0 unspecified atom stereocenters. The molecule has 0 saturated carbocycles. The zero-order valence-electron chi connectivity index (χ0n) is 8.50. The number of hydrogen-bond donors (Lipinski definition) is 1. The van der Waals surface area contributed by atoms with Crippen molar-refractivity contribution in [1.29, 1.82) is 5.26 Å². The minimum Gasteiger partial charge on any atom is -0.465 e. The van der Waals surface area contributed by atoms with E-state index in [2.05, 4.69) is 17.4 Å². The van der Waals surface area contributed by atoms with E-state index >= 15 is 0 Å². The lowest BCUT2D eigenvalue weighted by Gasteiger charge is -2.13. The Hall–Kier alpha value is -1.68. The van der Waals surface area contributed by atoms with Crippen molar-refractivity contribution in [3.05, 3.63) is 28.8 Å². The number of esters is 1. The number of rotatable bonds is 1. The zero-order valence-corrected chi connectivity index (χ0v) is 9.39. The van der Waals surface area contributed by atoms with Crippen molar-refractivity contribution in [1.82, 2.24) is 0 Å². The van der Waals surface area contributed by atoms with Crippen molar-refractivity contribution in [3.8, 4) is 6.07 Å². The van der Waals surface area contributed by atoms with Crippen LogP contribution in [-0.2, 0) is 10.9 Å². The number of carbonyl (C=O) groups is 1. The van der Waals surface area contributed by atoms with E-state index in [1.165, 1.54) is 6.07 Å². The molecule has 0 aliphatic heterocycles. The number of nitrogens with zero attached hydrogens (tertiary/aromatic N) is 1. The van der Waals surface area contributed by atoms with Crippen LogP contribution in [-0.4, -0.2) is 13.1 Å². The molecule has 1 aromatic carbocycles. The molecule has 0 aromatic heterocycles. The first-order valence-corrected chi connectivity index (χ1v) is 4.69. The third-order valence-corrected chi connectivity index (χ3v) is 2.45. The lowest BCUT2D eigenvalue weighted by Crippen LogP contribution is -2.13. The lowest BCUT2D eigenvalue weighted by atomic mass is 10.0. The largest absolute Gasteiger partial charge is 0.465 e. The number of halogens is 3. The quantitative estimate of drug-likeness (QED) is 0.624. The predicted octanol–water partition coefficient (Wildman–Crippen LogP) is 2.65. The zero-order chi connectivity index (χ0) is 13.2. The van der Waals surface area contributed by atoms with Gasteiger partial charge in [0.2, 0.25) is 0 Å². The second-order valence-electron chi connectivity index (χ2n) is 2.99. The van der Waals surface area contributed by atoms with Gasteiger partial charge in [0.15, 0.2) is 0 Å². The van der Waals surface area contributed by atoms with E-state index in [9.17, 15) is 18.0 Å². The van der Waals surface area contributed by atoms with Crippen LogP contribution in [0.4, 0.5) is 13.2 Å². The van der Waals surface area contributed by atoms with E-state index in [0.29, 0.717) is 0 Å². The molecule has 0 spiro atoms. The van der Waals surface area contributed by atoms with Crippen molar-refractivity contribution in [2.75, 3.05) is 7.11 Å². The summed E-state index contributed by atoms with van der Waals surface area (Å²) in [6.45, 7) is 0. The monoisotopic (exact) mass is 261 g/mol. The predicted molar refractivity (Wildman–Crippen MR) is 54.8 cm³/mol. The molecule has 3 nitrogen and oxygen atoms in total. The summed E-state index contributed by atoms with van der Waals surface area (Å²) in [6.07, 6.45) is -4.76. The maximum absolute atomic E-state index is 12.7. The van der Waals surface area contributed by atoms with Crippen molar-refractivity contribution in [2.24, 2.45) is 0 Å². The van der Waals surface area contributed by atoms with Crippen molar-refractivity contribution >= 4 is 18.6 Å². The molecule has 0 saturated heterocycles. The molecule has 0 radical (unpaired) electrons. The van der Waals surface area contributed by atoms with E-state index < -0.39 is 28.2 Å². The van der Waals surface area contributed by atoms with Crippen LogP contribution in [0.1, 0.15) is 21.5 Å². The number of carbonyl (C=O) groups excluding carboxylic acids is 1. The highest BCUT2D eigenvalue weighted by atomic mass is 32.1. The van der Waals surface area contributed by atoms with E-state index in [1.807, 2.05) is 0 Å². The Balaban J connectivity index is 3.56. The van der Waals surface area contributed by atoms with E-state index in [4.69, 9.17) is 5.26 Å². The second-order valence-corrected chi connectivity index (χ2v) is 3.43. The van der Waals surface area contributed by atoms with Crippen LogP contribution in [0.5, 0.6) is 0 Å². The first kappa shape index (κ1) is 13.4. The standard InChI is InChI=1S/C10H6F3NO2S/c1-16-9(15)6-3-2-5(4-14)7(8(6)17)10(11,12)13/h2-3,17H,1H3. The summed E-state index contributed by atoms with van der Waals surface area (Å²) in [5.74, 6) is -0.940. The fourth-order valence-electron chi connectivity index (χ4n) is 1.25. The van der Waals surface area contributed by atoms with Gasteiger partial charge in [-0.25, -0.2) is 4.79 Å². The van der Waals surface area contributed by atoms with Crippen molar-refractivity contribution in [2.45, 2.75) is 11.1 Å². The third kappa shape index (κ3) is 2.53. The Morgan fingerprint density at radius 2 is 2.06 bits per heavy atom. The smallest absolute Gasteiger partial charge is 0.418 e. The van der Waals surface area contributed by atoms with Gasteiger partial charge in [0.05, 0.1) is 29.9 Å². The van der Waals surface area contributed by atoms with Gasteiger partial charge in [0.25, 0.3) is 0 Å². The van der Waals surface area contributed by atoms with Crippen LogP contribution in [0.15, 0.2) is 17.0 Å². The third-order valence-electron chi connectivity index (χ3n) is 1.99. The molecule has 7 heteroatoms. The Labute approximate surface area is 100 Å². The summed E-state index contributed by atoms with van der Waals surface area (Å²) >= 11 is 3.65. The fraction of sp³-hybridized carbons (Fsp3) is 0.200. The normalized spacial score (nSPS) is 10.8. The van der Waals surface area contributed by atoms with Gasteiger partial charge in [0, 0.05) is 4.90 Å². The number of thiol groups is 1. The lowest BCUT2D eigenvalue weighted by molar-refractivity contribution is -0.139. The summed E-state index contributed by atoms with van der Waals surface area (Å²) in [6, 6.07) is 3.39. The molecule has 1 rings (SSSR count). The summed E-state index contributed by atoms with van der Waals surface area (Å²) in [7, 11) is 1.04. The highest BCUT2D eigenvalue weighted by Gasteiger charge is 2.37. The molecular formula is C10H6F3NO2S. The Kier molecular flexibility index (Phi) is 3.68. The van der Waals surface area contributed by atoms with E-state index in [-0.39, 0.29) is 5.56 Å². The molecule has 0 amide bonds. The van der Waals surface area contributed by atoms with Crippen LogP contribution >= 0.6 is 12.6 Å². The highest BCUT2D eigenvalue weighted by molar-refractivity contribution is 7.80. The molecule has 17 heavy (non-hydrogen) atoms. The molecule has 0 N–H and O–H groups in total. The average Bonchev–Trinajstić information content (AvgIpc) is 2.25. The molecular weight excluding hydrogens is 255 g/mol. The summed E-state index contributed by atoms with van der Waals surface area (Å²) in [5, 5.41) is 8.59. The van der Waals surface area contributed by atoms with Gasteiger partial charge in [0.1, 0.15) is 0 Å². The molecule has 0 atom stereocenters. The first-order chi connectivity index (χ1) is 7.82. The van der Waals surface area contributed by atoms with Crippen molar-refractivity contribution in [3.63, 3.8) is 0 Å². The topological polar surface area (TPSA) is 50.1 Å². The van der Waals surface area contributed by atoms with Gasteiger partial charge in [-0.05, 0) is 12.1 Å². The van der Waals surface area contributed by atoms with Crippen LogP contribution in [0.2, 0.25) is 0 Å². The number of nitriles is 1. The minimum absolute atomic E-state index is 0.331. The van der Waals surface area contributed by atoms with Crippen molar-refractivity contribution < 1.29 is 22.7 Å². The Morgan fingerprint density at radius 3 is 2.47 bits per heavy atom. The molecule has 0 aliphatic carbocycles. The number of alkyl halides is 3. The number of benzene rings is 1. The molecule has 1 aromatic rings. The first-order valence-electron chi connectivity index (χ1n) is 4.24. The number of ether oxygens (including phenoxy) is 1. The van der Waals surface area contributed by atoms with Gasteiger partial charge >= 0.3 is 12.1 Å². The maximum Gasteiger partial charge on any atom is 0.418 e. The minimum atomic E-state index is -4.76. The Bertz CT molecular complexity index is 505. The van der Waals surface area contributed by atoms with Gasteiger partial charge in [-0.3, -0.25) is 0 Å². The van der Waals surface area contributed by atoms with Gasteiger partial charge < -0.3 is 4.74 Å². The molecule has 0 fully saturated rings. The summed E-state index contributed by atoms with van der Waals surface area (Å²) in [4.78, 5) is 10.6. The fourth-order valence-corrected chi connectivity index (χ4v) is 1.66. The van der Waals surface area contributed by atoms with Crippen LogP contribution in [0.25, 0.3) is 0 Å². The van der Waals surface area contributed by atoms with Gasteiger partial charge in [-0.2, -0.15) is 18.4 Å². The van der Waals surface area contributed by atoms with Gasteiger partial charge in [-0.1, -0.05) is 0 Å². The average molecular weight is 261 g/mol. The van der Waals surface area contributed by atoms with Crippen LogP contribution in [0, 0.1) is 11.3 Å². The number of hydrogen-bond acceptors (Lipinski definition) is 4. The number of methoxy groups -OCH3 is 1.